The van der Waals surface area contributed by atoms with Crippen LogP contribution in [0.15, 0.2) is 48.7 Å². The second kappa shape index (κ2) is 8.14. The van der Waals surface area contributed by atoms with Crippen LogP contribution in [0.1, 0.15) is 62.8 Å². The summed E-state index contributed by atoms with van der Waals surface area (Å²) in [5, 5.41) is 0. The van der Waals surface area contributed by atoms with Crippen LogP contribution in [-0.2, 0) is 12.0 Å². The van der Waals surface area contributed by atoms with Crippen molar-refractivity contribution in [3.05, 3.63) is 65.5 Å². The molecule has 0 saturated carbocycles. The van der Waals surface area contributed by atoms with Crippen LogP contribution in [0.5, 0.6) is 0 Å². The molecule has 134 valence electrons. The fourth-order valence-electron chi connectivity index (χ4n) is 4.79. The topological polar surface area (TPSA) is 16.1 Å². The SMILES string of the molecule is CCCCC(CCC)C1(c2ccccn2)CN(C)Cc2ccccc21. The van der Waals surface area contributed by atoms with E-state index in [1.165, 1.54) is 48.9 Å². The van der Waals surface area contributed by atoms with Crippen molar-refractivity contribution in [2.45, 2.75) is 57.9 Å². The zero-order valence-corrected chi connectivity index (χ0v) is 16.0. The van der Waals surface area contributed by atoms with Crippen LogP contribution in [0.3, 0.4) is 0 Å². The summed E-state index contributed by atoms with van der Waals surface area (Å²) < 4.78 is 0. The molecule has 1 aliphatic heterocycles. The van der Waals surface area contributed by atoms with Crippen molar-refractivity contribution in [3.63, 3.8) is 0 Å². The van der Waals surface area contributed by atoms with Gasteiger partial charge in [0.25, 0.3) is 0 Å². The van der Waals surface area contributed by atoms with Gasteiger partial charge in [-0.05, 0) is 49.1 Å². The molecule has 1 aromatic heterocycles. The molecule has 0 N–H and O–H groups in total. The Balaban J connectivity index is 2.19. The molecule has 0 bridgehead atoms. The van der Waals surface area contributed by atoms with Gasteiger partial charge in [0.1, 0.15) is 0 Å². The molecule has 0 amide bonds. The van der Waals surface area contributed by atoms with Crippen LogP contribution >= 0.6 is 0 Å². The van der Waals surface area contributed by atoms with E-state index >= 15 is 0 Å². The molecule has 2 unspecified atom stereocenters. The lowest BCUT2D eigenvalue weighted by Gasteiger charge is -2.48. The predicted molar refractivity (Wildman–Crippen MR) is 106 cm³/mol. The number of hydrogen-bond donors (Lipinski definition) is 0. The molecule has 0 saturated heterocycles. The summed E-state index contributed by atoms with van der Waals surface area (Å²) in [6.45, 7) is 6.73. The summed E-state index contributed by atoms with van der Waals surface area (Å²) in [5.41, 5.74) is 4.25. The lowest BCUT2D eigenvalue weighted by molar-refractivity contribution is 0.162. The van der Waals surface area contributed by atoms with Crippen molar-refractivity contribution in [2.75, 3.05) is 13.6 Å². The van der Waals surface area contributed by atoms with E-state index in [9.17, 15) is 0 Å². The number of fused-ring (bicyclic) bond motifs is 1. The van der Waals surface area contributed by atoms with Crippen LogP contribution in [0.2, 0.25) is 0 Å². The first-order valence-corrected chi connectivity index (χ1v) is 9.90. The Morgan fingerprint density at radius 2 is 1.84 bits per heavy atom. The van der Waals surface area contributed by atoms with Crippen LogP contribution in [-0.4, -0.2) is 23.5 Å². The maximum Gasteiger partial charge on any atom is 0.0533 e. The molecular weight excluding hydrogens is 304 g/mol. The van der Waals surface area contributed by atoms with E-state index in [1.54, 1.807) is 0 Å². The van der Waals surface area contributed by atoms with Gasteiger partial charge in [-0.15, -0.1) is 0 Å². The molecule has 1 aromatic carbocycles. The van der Waals surface area contributed by atoms with E-state index in [-0.39, 0.29) is 5.41 Å². The number of aromatic nitrogens is 1. The number of nitrogens with zero attached hydrogens (tertiary/aromatic N) is 2. The Kier molecular flexibility index (Phi) is 5.90. The number of hydrogen-bond acceptors (Lipinski definition) is 2. The highest BCUT2D eigenvalue weighted by atomic mass is 15.1. The van der Waals surface area contributed by atoms with Gasteiger partial charge in [0.05, 0.1) is 11.1 Å². The van der Waals surface area contributed by atoms with Gasteiger partial charge in [0, 0.05) is 19.3 Å². The zero-order valence-electron chi connectivity index (χ0n) is 16.0. The third-order valence-corrected chi connectivity index (χ3v) is 5.82. The lowest BCUT2D eigenvalue weighted by atomic mass is 9.62. The molecule has 2 atom stereocenters. The van der Waals surface area contributed by atoms with Gasteiger partial charge in [0.15, 0.2) is 0 Å². The maximum atomic E-state index is 4.89. The minimum Gasteiger partial charge on any atom is -0.301 e. The largest absolute Gasteiger partial charge is 0.301 e. The van der Waals surface area contributed by atoms with Crippen LogP contribution in [0, 0.1) is 5.92 Å². The van der Waals surface area contributed by atoms with Gasteiger partial charge in [-0.3, -0.25) is 4.98 Å². The zero-order chi connectivity index (χ0) is 17.7. The molecule has 0 radical (unpaired) electrons. The highest BCUT2D eigenvalue weighted by Gasteiger charge is 2.46. The van der Waals surface area contributed by atoms with Gasteiger partial charge in [-0.25, -0.2) is 0 Å². The molecule has 0 fully saturated rings. The Bertz CT molecular complexity index is 667. The van der Waals surface area contributed by atoms with Gasteiger partial charge >= 0.3 is 0 Å². The van der Waals surface area contributed by atoms with Gasteiger partial charge in [0.2, 0.25) is 0 Å². The molecule has 1 aliphatic rings. The minimum atomic E-state index is 0.00995. The Morgan fingerprint density at radius 1 is 1.04 bits per heavy atom. The quantitative estimate of drug-likeness (QED) is 0.671. The molecule has 2 heteroatoms. The van der Waals surface area contributed by atoms with Crippen molar-refractivity contribution < 1.29 is 0 Å². The van der Waals surface area contributed by atoms with Gasteiger partial charge < -0.3 is 4.90 Å². The van der Waals surface area contributed by atoms with Crippen LogP contribution < -0.4 is 0 Å². The third kappa shape index (κ3) is 3.50. The summed E-state index contributed by atoms with van der Waals surface area (Å²) in [7, 11) is 2.26. The van der Waals surface area contributed by atoms with E-state index in [2.05, 4.69) is 62.2 Å². The van der Waals surface area contributed by atoms with E-state index in [1.807, 2.05) is 12.3 Å². The third-order valence-electron chi connectivity index (χ3n) is 5.82. The molecule has 25 heavy (non-hydrogen) atoms. The highest BCUT2D eigenvalue weighted by molar-refractivity contribution is 5.45. The summed E-state index contributed by atoms with van der Waals surface area (Å²) in [6.07, 6.45) is 8.30. The summed E-state index contributed by atoms with van der Waals surface area (Å²) >= 11 is 0. The molecule has 0 spiro atoms. The summed E-state index contributed by atoms with van der Waals surface area (Å²) in [6, 6.07) is 15.5. The lowest BCUT2D eigenvalue weighted by Crippen LogP contribution is -2.50. The van der Waals surface area contributed by atoms with E-state index in [0.717, 1.165) is 13.1 Å². The Hall–Kier alpha value is -1.67. The number of likely N-dealkylation sites (N-methyl/N-ethyl adjacent to an activating group) is 1. The maximum absolute atomic E-state index is 4.89. The van der Waals surface area contributed by atoms with Crippen LogP contribution in [0.4, 0.5) is 0 Å². The van der Waals surface area contributed by atoms with Crippen molar-refractivity contribution >= 4 is 0 Å². The average molecular weight is 337 g/mol. The average Bonchev–Trinajstić information content (AvgIpc) is 2.65. The molecule has 2 heterocycles. The first-order valence-electron chi connectivity index (χ1n) is 9.90. The van der Waals surface area contributed by atoms with Crippen molar-refractivity contribution in [2.24, 2.45) is 5.92 Å². The monoisotopic (exact) mass is 336 g/mol. The van der Waals surface area contributed by atoms with E-state index < -0.39 is 0 Å². The Morgan fingerprint density at radius 3 is 2.56 bits per heavy atom. The number of pyridine rings is 1. The predicted octanol–water partition coefficient (Wildman–Crippen LogP) is 5.42. The number of rotatable bonds is 7. The molecule has 2 aromatic rings. The van der Waals surface area contributed by atoms with E-state index in [0.29, 0.717) is 5.92 Å². The normalized spacial score (nSPS) is 21.7. The fraction of sp³-hybridized carbons (Fsp3) is 0.522. The summed E-state index contributed by atoms with van der Waals surface area (Å²) in [5.74, 6) is 0.635. The second-order valence-corrected chi connectivity index (χ2v) is 7.64. The highest BCUT2D eigenvalue weighted by Crippen LogP contribution is 2.47. The van der Waals surface area contributed by atoms with Crippen molar-refractivity contribution in [1.82, 2.24) is 9.88 Å². The van der Waals surface area contributed by atoms with Crippen molar-refractivity contribution in [1.29, 1.82) is 0 Å². The molecule has 2 nitrogen and oxygen atoms in total. The minimum absolute atomic E-state index is 0.00995. The summed E-state index contributed by atoms with van der Waals surface area (Å²) in [4.78, 5) is 7.38. The first kappa shape index (κ1) is 18.1. The second-order valence-electron chi connectivity index (χ2n) is 7.64. The Labute approximate surface area is 153 Å². The van der Waals surface area contributed by atoms with Gasteiger partial charge in [-0.1, -0.05) is 63.4 Å². The van der Waals surface area contributed by atoms with Crippen LogP contribution in [0.25, 0.3) is 0 Å². The molecular formula is C23H32N2. The number of benzene rings is 1. The smallest absolute Gasteiger partial charge is 0.0533 e. The molecule has 3 rings (SSSR count). The first-order chi connectivity index (χ1) is 12.2. The van der Waals surface area contributed by atoms with E-state index in [4.69, 9.17) is 4.98 Å². The fourth-order valence-corrected chi connectivity index (χ4v) is 4.79. The van der Waals surface area contributed by atoms with Crippen molar-refractivity contribution in [3.8, 4) is 0 Å². The number of unbranched alkanes of at least 4 members (excludes halogenated alkanes) is 1. The standard InChI is InChI=1S/C23H32N2/c1-4-6-13-20(11-5-2)23(22-15-9-10-16-24-22)18-25(3)17-19-12-7-8-14-21(19)23/h7-10,12,14-16,20H,4-6,11,13,17-18H2,1-3H3. The molecule has 0 aliphatic carbocycles. The van der Waals surface area contributed by atoms with Gasteiger partial charge in [-0.2, -0.15) is 0 Å².